The van der Waals surface area contributed by atoms with Crippen LogP contribution in [-0.2, 0) is 14.8 Å². The molecule has 148 valence electrons. The summed E-state index contributed by atoms with van der Waals surface area (Å²) in [5.74, 6) is 2.18. The van der Waals surface area contributed by atoms with Crippen molar-refractivity contribution in [3.05, 3.63) is 24.3 Å². The number of anilines is 1. The van der Waals surface area contributed by atoms with Crippen molar-refractivity contribution in [3.63, 3.8) is 0 Å². The normalized spacial score (nSPS) is 32.5. The fourth-order valence-electron chi connectivity index (χ4n) is 5.86. The number of hydrogen-bond donors (Lipinski definition) is 2. The molecule has 5 nitrogen and oxygen atoms in total. The minimum atomic E-state index is -3.62. The van der Waals surface area contributed by atoms with E-state index in [9.17, 15) is 13.2 Å². The van der Waals surface area contributed by atoms with Gasteiger partial charge in [0.25, 0.3) is 0 Å². The third-order valence-electron chi connectivity index (χ3n) is 6.36. The molecule has 0 heterocycles. The van der Waals surface area contributed by atoms with Crippen LogP contribution in [0.15, 0.2) is 29.2 Å². The monoisotopic (exact) mass is 390 g/mol. The van der Waals surface area contributed by atoms with Gasteiger partial charge in [0.05, 0.1) is 10.3 Å². The van der Waals surface area contributed by atoms with Crippen LogP contribution in [0.5, 0.6) is 0 Å². The molecule has 0 aromatic heterocycles. The number of nitrogens with one attached hydrogen (secondary N) is 2. The van der Waals surface area contributed by atoms with Gasteiger partial charge in [-0.15, -0.1) is 0 Å². The van der Waals surface area contributed by atoms with Crippen molar-refractivity contribution in [2.75, 3.05) is 5.32 Å². The molecule has 4 aliphatic carbocycles. The average molecular weight is 391 g/mol. The van der Waals surface area contributed by atoms with Gasteiger partial charge in [0, 0.05) is 11.2 Å². The van der Waals surface area contributed by atoms with Gasteiger partial charge in [0.15, 0.2) is 0 Å². The SMILES string of the molecule is CC(C)(C)NS(=O)(=O)c1cccc(NC(=O)C23CC4CC(CC(C4)C2)C3)c1. The molecule has 0 aliphatic heterocycles. The van der Waals surface area contributed by atoms with Crippen LogP contribution in [0.1, 0.15) is 59.3 Å². The van der Waals surface area contributed by atoms with Gasteiger partial charge in [-0.05, 0) is 95.2 Å². The molecule has 6 heteroatoms. The van der Waals surface area contributed by atoms with Gasteiger partial charge in [-0.3, -0.25) is 4.79 Å². The third kappa shape index (κ3) is 3.79. The number of sulfonamides is 1. The standard InChI is InChI=1S/C21H30N2O3S/c1-20(2,3)23-27(25,26)18-6-4-5-17(10-18)22-19(24)21-11-14-7-15(12-21)9-16(8-14)13-21/h4-6,10,14-16,23H,7-9,11-13H2,1-3H3,(H,22,24). The first-order valence-electron chi connectivity index (χ1n) is 10.0. The van der Waals surface area contributed by atoms with E-state index in [4.69, 9.17) is 0 Å². The summed E-state index contributed by atoms with van der Waals surface area (Å²) in [6.45, 7) is 5.43. The van der Waals surface area contributed by atoms with E-state index >= 15 is 0 Å². The van der Waals surface area contributed by atoms with Gasteiger partial charge in [0.2, 0.25) is 15.9 Å². The van der Waals surface area contributed by atoms with E-state index in [1.807, 2.05) is 20.8 Å². The van der Waals surface area contributed by atoms with Crippen molar-refractivity contribution in [2.24, 2.45) is 23.2 Å². The molecule has 0 atom stereocenters. The molecule has 0 radical (unpaired) electrons. The molecule has 4 fully saturated rings. The maximum atomic E-state index is 13.2. The first kappa shape index (κ1) is 18.9. The van der Waals surface area contributed by atoms with Gasteiger partial charge in [-0.2, -0.15) is 0 Å². The Labute approximate surface area is 162 Å². The van der Waals surface area contributed by atoms with Gasteiger partial charge < -0.3 is 5.32 Å². The highest BCUT2D eigenvalue weighted by Gasteiger charge is 2.54. The summed E-state index contributed by atoms with van der Waals surface area (Å²) in [7, 11) is -3.62. The highest BCUT2D eigenvalue weighted by molar-refractivity contribution is 7.89. The van der Waals surface area contributed by atoms with E-state index in [2.05, 4.69) is 10.0 Å². The highest BCUT2D eigenvalue weighted by Crippen LogP contribution is 2.60. The Kier molecular flexibility index (Phi) is 4.43. The minimum absolute atomic E-state index is 0.0833. The molecule has 0 spiro atoms. The van der Waals surface area contributed by atoms with Gasteiger partial charge >= 0.3 is 0 Å². The van der Waals surface area contributed by atoms with E-state index in [1.54, 1.807) is 24.3 Å². The number of hydrogen-bond acceptors (Lipinski definition) is 3. The summed E-state index contributed by atoms with van der Waals surface area (Å²) < 4.78 is 27.8. The second-order valence-corrected chi connectivity index (χ2v) is 11.7. The van der Waals surface area contributed by atoms with E-state index in [0.29, 0.717) is 23.4 Å². The van der Waals surface area contributed by atoms with Crippen molar-refractivity contribution in [2.45, 2.75) is 69.7 Å². The van der Waals surface area contributed by atoms with Crippen LogP contribution in [0, 0.1) is 23.2 Å². The molecule has 4 bridgehead atoms. The summed E-state index contributed by atoms with van der Waals surface area (Å²) in [5.41, 5.74) is -0.238. The molecule has 0 unspecified atom stereocenters. The molecule has 1 aromatic carbocycles. The van der Waals surface area contributed by atoms with Crippen LogP contribution in [0.4, 0.5) is 5.69 Å². The first-order chi connectivity index (χ1) is 12.5. The minimum Gasteiger partial charge on any atom is -0.326 e. The van der Waals surface area contributed by atoms with Gasteiger partial charge in [0.1, 0.15) is 0 Å². The smallest absolute Gasteiger partial charge is 0.241 e. The Morgan fingerprint density at radius 2 is 1.59 bits per heavy atom. The highest BCUT2D eigenvalue weighted by atomic mass is 32.2. The zero-order valence-electron chi connectivity index (χ0n) is 16.4. The predicted molar refractivity (Wildman–Crippen MR) is 106 cm³/mol. The lowest BCUT2D eigenvalue weighted by molar-refractivity contribution is -0.140. The number of rotatable bonds is 4. The van der Waals surface area contributed by atoms with Crippen molar-refractivity contribution >= 4 is 21.6 Å². The van der Waals surface area contributed by atoms with Crippen molar-refractivity contribution in [1.29, 1.82) is 0 Å². The van der Waals surface area contributed by atoms with Crippen molar-refractivity contribution < 1.29 is 13.2 Å². The lowest BCUT2D eigenvalue weighted by atomic mass is 9.49. The Bertz CT molecular complexity index is 819. The molecule has 4 aliphatic rings. The molecular weight excluding hydrogens is 360 g/mol. The average Bonchev–Trinajstić information content (AvgIpc) is 2.51. The van der Waals surface area contributed by atoms with Crippen LogP contribution >= 0.6 is 0 Å². The van der Waals surface area contributed by atoms with Crippen LogP contribution < -0.4 is 10.0 Å². The topological polar surface area (TPSA) is 75.3 Å². The van der Waals surface area contributed by atoms with E-state index in [-0.39, 0.29) is 16.2 Å². The molecule has 2 N–H and O–H groups in total. The van der Waals surface area contributed by atoms with Crippen LogP contribution in [-0.4, -0.2) is 19.9 Å². The Balaban J connectivity index is 1.53. The summed E-state index contributed by atoms with van der Waals surface area (Å²) in [6.07, 6.45) is 6.85. The molecule has 0 saturated heterocycles. The number of carbonyl (C=O) groups is 1. The first-order valence-corrected chi connectivity index (χ1v) is 11.5. The molecule has 1 aromatic rings. The fraction of sp³-hybridized carbons (Fsp3) is 0.667. The molecule has 1 amide bonds. The molecule has 4 saturated carbocycles. The third-order valence-corrected chi connectivity index (χ3v) is 8.12. The summed E-state index contributed by atoms with van der Waals surface area (Å²) in [4.78, 5) is 13.4. The largest absolute Gasteiger partial charge is 0.326 e. The Hall–Kier alpha value is -1.40. The van der Waals surface area contributed by atoms with Crippen LogP contribution in [0.25, 0.3) is 0 Å². The quantitative estimate of drug-likeness (QED) is 0.818. The van der Waals surface area contributed by atoms with E-state index in [0.717, 1.165) is 19.3 Å². The van der Waals surface area contributed by atoms with E-state index < -0.39 is 15.6 Å². The lowest BCUT2D eigenvalue weighted by Gasteiger charge is -2.55. The van der Waals surface area contributed by atoms with Crippen molar-refractivity contribution in [3.8, 4) is 0 Å². The maximum Gasteiger partial charge on any atom is 0.241 e. The van der Waals surface area contributed by atoms with Gasteiger partial charge in [-0.25, -0.2) is 13.1 Å². The molecule has 27 heavy (non-hydrogen) atoms. The van der Waals surface area contributed by atoms with Gasteiger partial charge in [-0.1, -0.05) is 6.07 Å². The van der Waals surface area contributed by atoms with Crippen LogP contribution in [0.2, 0.25) is 0 Å². The summed E-state index contributed by atoms with van der Waals surface area (Å²) in [5, 5.41) is 3.04. The number of benzene rings is 1. The molecule has 5 rings (SSSR count). The second-order valence-electron chi connectivity index (χ2n) is 10.0. The zero-order chi connectivity index (χ0) is 19.4. The predicted octanol–water partition coefficient (Wildman–Crippen LogP) is 3.92. The number of amides is 1. The zero-order valence-corrected chi connectivity index (χ0v) is 17.2. The second kappa shape index (κ2) is 6.31. The lowest BCUT2D eigenvalue weighted by Crippen LogP contribution is -2.51. The van der Waals surface area contributed by atoms with Crippen molar-refractivity contribution in [1.82, 2.24) is 4.72 Å². The Morgan fingerprint density at radius 3 is 2.11 bits per heavy atom. The number of carbonyl (C=O) groups excluding carboxylic acids is 1. The molecular formula is C21H30N2O3S. The maximum absolute atomic E-state index is 13.2. The Morgan fingerprint density at radius 1 is 1.04 bits per heavy atom. The van der Waals surface area contributed by atoms with Crippen LogP contribution in [0.3, 0.4) is 0 Å². The van der Waals surface area contributed by atoms with E-state index in [1.165, 1.54) is 19.3 Å². The fourth-order valence-corrected chi connectivity index (χ4v) is 7.32. The summed E-state index contributed by atoms with van der Waals surface area (Å²) >= 11 is 0. The summed E-state index contributed by atoms with van der Waals surface area (Å²) in [6, 6.07) is 6.59.